The summed E-state index contributed by atoms with van der Waals surface area (Å²) in [5.41, 5.74) is 3.27. The molecular formula is C17H18BrN3O3. The average Bonchev–Trinajstić information content (AvgIpc) is 2.76. The van der Waals surface area contributed by atoms with Gasteiger partial charge in [-0.25, -0.2) is 4.79 Å². The van der Waals surface area contributed by atoms with E-state index in [1.165, 1.54) is 6.08 Å². The van der Waals surface area contributed by atoms with Crippen LogP contribution in [0.25, 0.3) is 6.08 Å². The molecule has 0 aliphatic carbocycles. The fraction of sp³-hybridized carbons (Fsp3) is 0.235. The lowest BCUT2D eigenvalue weighted by atomic mass is 10.2. The second-order valence-electron chi connectivity index (χ2n) is 5.21. The van der Waals surface area contributed by atoms with E-state index in [1.54, 1.807) is 29.0 Å². The number of hydrogen-bond acceptors (Lipinski definition) is 4. The maximum absolute atomic E-state index is 11.8. The Morgan fingerprint density at radius 1 is 1.38 bits per heavy atom. The third-order valence-electron chi connectivity index (χ3n) is 3.40. The minimum Gasteiger partial charge on any atom is -0.452 e. The van der Waals surface area contributed by atoms with Crippen LogP contribution in [-0.2, 0) is 21.4 Å². The quantitative estimate of drug-likeness (QED) is 0.627. The first-order valence-corrected chi connectivity index (χ1v) is 8.06. The van der Waals surface area contributed by atoms with Crippen LogP contribution in [0.2, 0.25) is 0 Å². The number of ether oxygens (including phenoxy) is 1. The third-order valence-corrected chi connectivity index (χ3v) is 3.90. The number of hydrogen-bond donors (Lipinski definition) is 1. The van der Waals surface area contributed by atoms with E-state index >= 15 is 0 Å². The number of benzene rings is 1. The minimum absolute atomic E-state index is 0.347. The van der Waals surface area contributed by atoms with Crippen molar-refractivity contribution < 1.29 is 14.3 Å². The standard InChI is InChI=1S/C17H18BrN3O3/c1-11-15(12(2)21(3)20-11)7-8-17(23)24-10-16(22)19-14-6-4-5-13(18)9-14/h4-9H,10H2,1-3H3,(H,19,22)/b8-7+. The van der Waals surface area contributed by atoms with E-state index in [9.17, 15) is 9.59 Å². The number of esters is 1. The second-order valence-corrected chi connectivity index (χ2v) is 6.12. The smallest absolute Gasteiger partial charge is 0.331 e. The largest absolute Gasteiger partial charge is 0.452 e. The Labute approximate surface area is 148 Å². The van der Waals surface area contributed by atoms with E-state index in [0.29, 0.717) is 5.69 Å². The molecule has 7 heteroatoms. The van der Waals surface area contributed by atoms with Crippen LogP contribution in [0.3, 0.4) is 0 Å². The van der Waals surface area contributed by atoms with Gasteiger partial charge in [0.25, 0.3) is 5.91 Å². The number of rotatable bonds is 5. The predicted molar refractivity (Wildman–Crippen MR) is 95.4 cm³/mol. The van der Waals surface area contributed by atoms with Crippen molar-refractivity contribution >= 4 is 39.6 Å². The second kappa shape index (κ2) is 7.92. The summed E-state index contributed by atoms with van der Waals surface area (Å²) < 4.78 is 7.53. The van der Waals surface area contributed by atoms with Gasteiger partial charge in [0.2, 0.25) is 0 Å². The molecule has 1 heterocycles. The molecule has 6 nitrogen and oxygen atoms in total. The highest BCUT2D eigenvalue weighted by Crippen LogP contribution is 2.15. The molecule has 2 aromatic rings. The van der Waals surface area contributed by atoms with Crippen molar-refractivity contribution in [2.75, 3.05) is 11.9 Å². The molecule has 0 radical (unpaired) electrons. The van der Waals surface area contributed by atoms with Crippen LogP contribution < -0.4 is 5.32 Å². The molecular weight excluding hydrogens is 374 g/mol. The molecule has 1 aromatic heterocycles. The number of aromatic nitrogens is 2. The molecule has 2 rings (SSSR count). The van der Waals surface area contributed by atoms with E-state index in [-0.39, 0.29) is 6.61 Å². The lowest BCUT2D eigenvalue weighted by molar-refractivity contribution is -0.142. The topological polar surface area (TPSA) is 73.2 Å². The fourth-order valence-corrected chi connectivity index (χ4v) is 2.53. The molecule has 24 heavy (non-hydrogen) atoms. The van der Waals surface area contributed by atoms with E-state index in [0.717, 1.165) is 21.4 Å². The van der Waals surface area contributed by atoms with Gasteiger partial charge in [-0.1, -0.05) is 22.0 Å². The molecule has 0 atom stereocenters. The number of nitrogens with zero attached hydrogens (tertiary/aromatic N) is 2. The number of amides is 1. The average molecular weight is 392 g/mol. The molecule has 1 amide bonds. The van der Waals surface area contributed by atoms with Crippen molar-refractivity contribution in [2.45, 2.75) is 13.8 Å². The first kappa shape index (κ1) is 17.9. The van der Waals surface area contributed by atoms with Gasteiger partial charge in [-0.05, 0) is 38.1 Å². The Morgan fingerprint density at radius 3 is 2.75 bits per heavy atom. The van der Waals surface area contributed by atoms with Gasteiger partial charge in [-0.3, -0.25) is 9.48 Å². The van der Waals surface area contributed by atoms with Gasteiger partial charge < -0.3 is 10.1 Å². The fourth-order valence-electron chi connectivity index (χ4n) is 2.13. The van der Waals surface area contributed by atoms with Crippen LogP contribution >= 0.6 is 15.9 Å². The lowest BCUT2D eigenvalue weighted by Gasteiger charge is -2.05. The molecule has 0 spiro atoms. The zero-order valence-corrected chi connectivity index (χ0v) is 15.3. The van der Waals surface area contributed by atoms with E-state index in [1.807, 2.05) is 27.0 Å². The zero-order chi connectivity index (χ0) is 17.7. The third kappa shape index (κ3) is 4.79. The summed E-state index contributed by atoms with van der Waals surface area (Å²) in [6.45, 7) is 3.43. The minimum atomic E-state index is -0.581. The van der Waals surface area contributed by atoms with Crippen LogP contribution in [0.4, 0.5) is 5.69 Å². The number of carbonyl (C=O) groups is 2. The van der Waals surface area contributed by atoms with Crippen molar-refractivity contribution in [3.8, 4) is 0 Å². The highest BCUT2D eigenvalue weighted by Gasteiger charge is 2.08. The number of aryl methyl sites for hydroxylation is 2. The molecule has 0 saturated carbocycles. The summed E-state index contributed by atoms with van der Waals surface area (Å²) in [5.74, 6) is -0.981. The molecule has 0 aliphatic heterocycles. The Bertz CT molecular complexity index is 796. The van der Waals surface area contributed by atoms with Gasteiger partial charge >= 0.3 is 5.97 Å². The molecule has 126 valence electrons. The van der Waals surface area contributed by atoms with Crippen molar-refractivity contribution in [3.63, 3.8) is 0 Å². The molecule has 1 aromatic carbocycles. The van der Waals surface area contributed by atoms with Crippen LogP contribution in [0.5, 0.6) is 0 Å². The van der Waals surface area contributed by atoms with E-state index < -0.39 is 11.9 Å². The van der Waals surface area contributed by atoms with Crippen LogP contribution in [0, 0.1) is 13.8 Å². The number of anilines is 1. The van der Waals surface area contributed by atoms with E-state index in [2.05, 4.69) is 26.3 Å². The van der Waals surface area contributed by atoms with Crippen LogP contribution in [-0.4, -0.2) is 28.3 Å². The summed E-state index contributed by atoms with van der Waals surface area (Å²) in [5, 5.41) is 6.91. The number of carbonyl (C=O) groups excluding carboxylic acids is 2. The maximum Gasteiger partial charge on any atom is 0.331 e. The van der Waals surface area contributed by atoms with Crippen molar-refractivity contribution in [1.29, 1.82) is 0 Å². The van der Waals surface area contributed by atoms with Crippen molar-refractivity contribution in [3.05, 3.63) is 51.8 Å². The lowest BCUT2D eigenvalue weighted by Crippen LogP contribution is -2.20. The molecule has 0 unspecified atom stereocenters. The van der Waals surface area contributed by atoms with Gasteiger partial charge in [0.15, 0.2) is 6.61 Å². The van der Waals surface area contributed by atoms with Crippen molar-refractivity contribution in [2.24, 2.45) is 7.05 Å². The van der Waals surface area contributed by atoms with Crippen LogP contribution in [0.15, 0.2) is 34.8 Å². The normalized spacial score (nSPS) is 10.8. The van der Waals surface area contributed by atoms with Crippen LogP contribution in [0.1, 0.15) is 17.0 Å². The highest BCUT2D eigenvalue weighted by atomic mass is 79.9. The van der Waals surface area contributed by atoms with Gasteiger partial charge in [0, 0.05) is 34.5 Å². The Morgan fingerprint density at radius 2 is 2.12 bits per heavy atom. The molecule has 0 fully saturated rings. The SMILES string of the molecule is Cc1nn(C)c(C)c1/C=C/C(=O)OCC(=O)Nc1cccc(Br)c1. The number of halogens is 1. The summed E-state index contributed by atoms with van der Waals surface area (Å²) in [4.78, 5) is 23.5. The first-order valence-electron chi connectivity index (χ1n) is 7.27. The van der Waals surface area contributed by atoms with Gasteiger partial charge in [-0.2, -0.15) is 5.10 Å². The van der Waals surface area contributed by atoms with E-state index in [4.69, 9.17) is 4.74 Å². The summed E-state index contributed by atoms with van der Waals surface area (Å²) >= 11 is 3.32. The van der Waals surface area contributed by atoms with Gasteiger partial charge in [0.05, 0.1) is 5.69 Å². The molecule has 0 aliphatic rings. The maximum atomic E-state index is 11.8. The zero-order valence-electron chi connectivity index (χ0n) is 13.7. The summed E-state index contributed by atoms with van der Waals surface area (Å²) in [6.07, 6.45) is 2.94. The predicted octanol–water partition coefficient (Wildman–Crippen LogP) is 2.99. The molecule has 0 saturated heterocycles. The first-order chi connectivity index (χ1) is 11.4. The Balaban J connectivity index is 1.86. The summed E-state index contributed by atoms with van der Waals surface area (Å²) in [6, 6.07) is 7.15. The molecule has 1 N–H and O–H groups in total. The Kier molecular flexibility index (Phi) is 5.92. The highest BCUT2D eigenvalue weighted by molar-refractivity contribution is 9.10. The van der Waals surface area contributed by atoms with Crippen molar-refractivity contribution in [1.82, 2.24) is 9.78 Å². The number of nitrogens with one attached hydrogen (secondary N) is 1. The van der Waals surface area contributed by atoms with Gasteiger partial charge in [0.1, 0.15) is 0 Å². The Hall–Kier alpha value is -2.41. The van der Waals surface area contributed by atoms with Gasteiger partial charge in [-0.15, -0.1) is 0 Å². The monoisotopic (exact) mass is 391 g/mol. The molecule has 0 bridgehead atoms. The summed E-state index contributed by atoms with van der Waals surface area (Å²) in [7, 11) is 1.84.